The van der Waals surface area contributed by atoms with E-state index in [9.17, 15) is 4.79 Å². The fourth-order valence-corrected chi connectivity index (χ4v) is 4.20. The first-order chi connectivity index (χ1) is 9.24. The molecule has 3 heteroatoms. The zero-order chi connectivity index (χ0) is 13.2. The number of ketones is 1. The van der Waals surface area contributed by atoms with Crippen molar-refractivity contribution in [3.8, 4) is 0 Å². The highest BCUT2D eigenvalue weighted by Gasteiger charge is 2.39. The van der Waals surface area contributed by atoms with Crippen LogP contribution in [0.1, 0.15) is 51.4 Å². The lowest BCUT2D eigenvalue weighted by Gasteiger charge is -2.46. The maximum Gasteiger partial charge on any atom is 0.136 e. The Morgan fingerprint density at radius 3 is 2.37 bits per heavy atom. The van der Waals surface area contributed by atoms with Crippen LogP contribution in [0.15, 0.2) is 0 Å². The second-order valence-electron chi connectivity index (χ2n) is 6.85. The van der Waals surface area contributed by atoms with Gasteiger partial charge in [-0.15, -0.1) is 0 Å². The predicted molar refractivity (Wildman–Crippen MR) is 75.1 cm³/mol. The van der Waals surface area contributed by atoms with Crippen molar-refractivity contribution in [2.75, 3.05) is 20.3 Å². The fourth-order valence-electron chi connectivity index (χ4n) is 4.20. The minimum Gasteiger partial charge on any atom is -0.378 e. The Morgan fingerprint density at radius 2 is 1.74 bits per heavy atom. The lowest BCUT2D eigenvalue weighted by molar-refractivity contribution is -0.132. The van der Waals surface area contributed by atoms with E-state index >= 15 is 0 Å². The molecule has 0 spiro atoms. The van der Waals surface area contributed by atoms with E-state index < -0.39 is 0 Å². The number of Topliss-reactive ketones (excluding diaryl/α,β-unsaturated/α-hetero) is 1. The number of fused-ring (bicyclic) bond motifs is 2. The molecule has 2 aliphatic heterocycles. The standard InChI is InChI=1S/C16H27NO2/c1-17-14-8-13(9-15(17)11-19-10-14)16(18)7-12-5-3-2-4-6-12/h12-15H,2-11H2,1H3. The van der Waals surface area contributed by atoms with E-state index in [0.29, 0.717) is 29.7 Å². The highest BCUT2D eigenvalue weighted by Crippen LogP contribution is 2.34. The van der Waals surface area contributed by atoms with Crippen molar-refractivity contribution < 1.29 is 9.53 Å². The van der Waals surface area contributed by atoms with Crippen LogP contribution >= 0.6 is 0 Å². The molecule has 3 fully saturated rings. The van der Waals surface area contributed by atoms with Gasteiger partial charge in [-0.2, -0.15) is 0 Å². The molecule has 3 nitrogen and oxygen atoms in total. The summed E-state index contributed by atoms with van der Waals surface area (Å²) < 4.78 is 5.63. The molecule has 2 atom stereocenters. The number of piperidine rings is 1. The SMILES string of the molecule is CN1C2COCC1CC(C(=O)CC1CCCCC1)C2. The second kappa shape index (κ2) is 5.92. The largest absolute Gasteiger partial charge is 0.378 e. The number of likely N-dealkylation sites (N-methyl/N-ethyl adjacent to an activating group) is 1. The molecule has 0 aromatic carbocycles. The van der Waals surface area contributed by atoms with E-state index in [4.69, 9.17) is 4.74 Å². The smallest absolute Gasteiger partial charge is 0.136 e. The van der Waals surface area contributed by atoms with Crippen molar-refractivity contribution in [3.63, 3.8) is 0 Å². The van der Waals surface area contributed by atoms with Gasteiger partial charge < -0.3 is 4.74 Å². The molecular weight excluding hydrogens is 238 g/mol. The predicted octanol–water partition coefficient (Wildman–Crippen LogP) is 2.64. The van der Waals surface area contributed by atoms with Crippen LogP contribution in [0.3, 0.4) is 0 Å². The molecule has 2 heterocycles. The van der Waals surface area contributed by atoms with E-state index in [1.54, 1.807) is 0 Å². The lowest BCUT2D eigenvalue weighted by atomic mass is 9.78. The number of morpholine rings is 1. The van der Waals surface area contributed by atoms with Gasteiger partial charge >= 0.3 is 0 Å². The highest BCUT2D eigenvalue weighted by molar-refractivity contribution is 5.81. The van der Waals surface area contributed by atoms with Gasteiger partial charge in [-0.05, 0) is 25.8 Å². The maximum absolute atomic E-state index is 12.5. The van der Waals surface area contributed by atoms with Crippen LogP contribution in [0.5, 0.6) is 0 Å². The molecule has 0 aromatic heterocycles. The number of carbonyl (C=O) groups excluding carboxylic acids is 1. The van der Waals surface area contributed by atoms with Gasteiger partial charge in [0.1, 0.15) is 5.78 Å². The Hall–Kier alpha value is -0.410. The molecule has 2 bridgehead atoms. The van der Waals surface area contributed by atoms with Gasteiger partial charge in [0.2, 0.25) is 0 Å². The molecule has 2 unspecified atom stereocenters. The topological polar surface area (TPSA) is 29.5 Å². The van der Waals surface area contributed by atoms with Crippen LogP contribution < -0.4 is 0 Å². The summed E-state index contributed by atoms with van der Waals surface area (Å²) >= 11 is 0. The van der Waals surface area contributed by atoms with Crippen LogP contribution in [-0.2, 0) is 9.53 Å². The van der Waals surface area contributed by atoms with E-state index in [1.165, 1.54) is 32.1 Å². The average Bonchev–Trinajstić information content (AvgIpc) is 2.39. The second-order valence-corrected chi connectivity index (χ2v) is 6.85. The lowest BCUT2D eigenvalue weighted by Crippen LogP contribution is -2.55. The first-order valence-electron chi connectivity index (χ1n) is 8.06. The van der Waals surface area contributed by atoms with E-state index in [2.05, 4.69) is 11.9 Å². The summed E-state index contributed by atoms with van der Waals surface area (Å²) in [5, 5.41) is 0. The zero-order valence-electron chi connectivity index (χ0n) is 12.1. The summed E-state index contributed by atoms with van der Waals surface area (Å²) in [5.41, 5.74) is 0. The summed E-state index contributed by atoms with van der Waals surface area (Å²) in [6.45, 7) is 1.64. The fraction of sp³-hybridized carbons (Fsp3) is 0.938. The Morgan fingerprint density at radius 1 is 1.11 bits per heavy atom. The van der Waals surface area contributed by atoms with Gasteiger partial charge in [0.05, 0.1) is 13.2 Å². The van der Waals surface area contributed by atoms with E-state index in [0.717, 1.165) is 32.5 Å². The summed E-state index contributed by atoms with van der Waals surface area (Å²) in [7, 11) is 2.19. The Kier molecular flexibility index (Phi) is 4.23. The summed E-state index contributed by atoms with van der Waals surface area (Å²) in [4.78, 5) is 15.0. The third-order valence-corrected chi connectivity index (χ3v) is 5.56. The minimum absolute atomic E-state index is 0.317. The third-order valence-electron chi connectivity index (χ3n) is 5.56. The number of hydrogen-bond acceptors (Lipinski definition) is 3. The monoisotopic (exact) mass is 265 g/mol. The number of carbonyl (C=O) groups is 1. The molecule has 3 aliphatic rings. The van der Waals surface area contributed by atoms with Crippen molar-refractivity contribution >= 4 is 5.78 Å². The van der Waals surface area contributed by atoms with Crippen molar-refractivity contribution in [2.24, 2.45) is 11.8 Å². The zero-order valence-corrected chi connectivity index (χ0v) is 12.1. The van der Waals surface area contributed by atoms with Gasteiger partial charge in [0.25, 0.3) is 0 Å². The molecule has 3 rings (SSSR count). The minimum atomic E-state index is 0.317. The van der Waals surface area contributed by atoms with E-state index in [1.807, 2.05) is 0 Å². The molecule has 0 N–H and O–H groups in total. The van der Waals surface area contributed by atoms with E-state index in [-0.39, 0.29) is 0 Å². The van der Waals surface area contributed by atoms with Crippen molar-refractivity contribution in [1.82, 2.24) is 4.90 Å². The third kappa shape index (κ3) is 3.03. The summed E-state index contributed by atoms with van der Waals surface area (Å²) in [6.07, 6.45) is 9.53. The van der Waals surface area contributed by atoms with Gasteiger partial charge in [-0.3, -0.25) is 9.69 Å². The van der Waals surface area contributed by atoms with Crippen molar-refractivity contribution in [1.29, 1.82) is 0 Å². The molecule has 0 amide bonds. The first kappa shape index (κ1) is 13.6. The van der Waals surface area contributed by atoms with Gasteiger partial charge in [0, 0.05) is 24.4 Å². The Labute approximate surface area is 116 Å². The molecule has 108 valence electrons. The molecule has 1 saturated carbocycles. The number of hydrogen-bond donors (Lipinski definition) is 0. The number of rotatable bonds is 3. The molecule has 0 radical (unpaired) electrons. The maximum atomic E-state index is 12.5. The highest BCUT2D eigenvalue weighted by atomic mass is 16.5. The molecule has 19 heavy (non-hydrogen) atoms. The number of nitrogens with zero attached hydrogens (tertiary/aromatic N) is 1. The molecule has 2 saturated heterocycles. The molecular formula is C16H27NO2. The molecule has 1 aliphatic carbocycles. The van der Waals surface area contributed by atoms with Crippen LogP contribution in [0.25, 0.3) is 0 Å². The Bertz CT molecular complexity index is 311. The van der Waals surface area contributed by atoms with Crippen molar-refractivity contribution in [3.05, 3.63) is 0 Å². The van der Waals surface area contributed by atoms with Crippen molar-refractivity contribution in [2.45, 2.75) is 63.5 Å². The van der Waals surface area contributed by atoms with Gasteiger partial charge in [0.15, 0.2) is 0 Å². The summed E-state index contributed by atoms with van der Waals surface area (Å²) in [5.74, 6) is 1.56. The normalized spacial score (nSPS) is 37.2. The van der Waals surface area contributed by atoms with Crippen LogP contribution in [0, 0.1) is 11.8 Å². The quantitative estimate of drug-likeness (QED) is 0.785. The van der Waals surface area contributed by atoms with Gasteiger partial charge in [-0.25, -0.2) is 0 Å². The average molecular weight is 265 g/mol. The first-order valence-corrected chi connectivity index (χ1v) is 8.06. The Balaban J connectivity index is 1.55. The summed E-state index contributed by atoms with van der Waals surface area (Å²) in [6, 6.07) is 0.959. The van der Waals surface area contributed by atoms with Crippen LogP contribution in [-0.4, -0.2) is 43.0 Å². The number of ether oxygens (including phenoxy) is 1. The molecule has 0 aromatic rings. The van der Waals surface area contributed by atoms with Crippen LogP contribution in [0.4, 0.5) is 0 Å². The van der Waals surface area contributed by atoms with Gasteiger partial charge in [-0.1, -0.05) is 32.1 Å². The van der Waals surface area contributed by atoms with Crippen LogP contribution in [0.2, 0.25) is 0 Å².